The molecule has 3 rings (SSSR count). The number of carboxylic acid groups (broad SMARTS) is 1. The van der Waals surface area contributed by atoms with Gasteiger partial charge in [-0.25, -0.2) is 4.79 Å². The molecule has 0 bridgehead atoms. The molecule has 6 nitrogen and oxygen atoms in total. The van der Waals surface area contributed by atoms with Gasteiger partial charge in [0.05, 0.1) is 7.11 Å². The van der Waals surface area contributed by atoms with Gasteiger partial charge in [0.1, 0.15) is 11.8 Å². The summed E-state index contributed by atoms with van der Waals surface area (Å²) < 4.78 is 5.38. The van der Waals surface area contributed by atoms with Crippen molar-refractivity contribution >= 4 is 35.8 Å². The Hall–Kier alpha value is -2.58. The fraction of sp³-hybridized carbons (Fsp3) is 0.222. The number of carboxylic acids is 1. The fourth-order valence-electron chi connectivity index (χ4n) is 3.58. The number of hydrogen-bond acceptors (Lipinski definition) is 5. The number of carbonyl (C=O) groups is 2. The second-order valence-corrected chi connectivity index (χ2v) is 8.70. The van der Waals surface area contributed by atoms with Crippen LogP contribution in [0.2, 0.25) is 0 Å². The third kappa shape index (κ3) is 7.70. The summed E-state index contributed by atoms with van der Waals surface area (Å²) in [5.74, 6) is -0.0870. The van der Waals surface area contributed by atoms with Crippen LogP contribution < -0.4 is 39.6 Å². The third-order valence-electron chi connectivity index (χ3n) is 5.42. The van der Waals surface area contributed by atoms with Crippen molar-refractivity contribution in [1.29, 1.82) is 0 Å². The van der Waals surface area contributed by atoms with Crippen molar-refractivity contribution in [3.8, 4) is 16.9 Å². The Bertz CT molecular complexity index is 1210. The molecule has 1 amide bonds. The topological polar surface area (TPSA) is 88.5 Å². The molecule has 1 aromatic heterocycles. The van der Waals surface area contributed by atoms with E-state index in [1.807, 2.05) is 61.7 Å². The Morgan fingerprint density at radius 2 is 1.94 bits per heavy atom. The van der Waals surface area contributed by atoms with Gasteiger partial charge in [-0.15, -0.1) is 0 Å². The van der Waals surface area contributed by atoms with Gasteiger partial charge in [0.15, 0.2) is 0 Å². The minimum absolute atomic E-state index is 0. The van der Waals surface area contributed by atoms with Gasteiger partial charge in [-0.1, -0.05) is 36.4 Å². The van der Waals surface area contributed by atoms with Gasteiger partial charge < -0.3 is 16.6 Å². The molecule has 35 heavy (non-hydrogen) atoms. The molecule has 0 spiro atoms. The molecule has 0 aliphatic carbocycles. The zero-order chi connectivity index (χ0) is 24.5. The maximum absolute atomic E-state index is 13.2. The number of amides is 1. The van der Waals surface area contributed by atoms with E-state index in [2.05, 4.69) is 10.3 Å². The predicted molar refractivity (Wildman–Crippen MR) is 139 cm³/mol. The summed E-state index contributed by atoms with van der Waals surface area (Å²) in [7, 11) is 1.61. The maximum atomic E-state index is 13.2. The summed E-state index contributed by atoms with van der Waals surface area (Å²) in [6.07, 6.45) is 9.50. The van der Waals surface area contributed by atoms with Crippen molar-refractivity contribution in [3.05, 3.63) is 83.2 Å². The van der Waals surface area contributed by atoms with E-state index in [0.29, 0.717) is 23.5 Å². The van der Waals surface area contributed by atoms with Crippen LogP contribution in [-0.4, -0.2) is 47.1 Å². The van der Waals surface area contributed by atoms with Gasteiger partial charge >= 0.3 is 35.5 Å². The van der Waals surface area contributed by atoms with E-state index >= 15 is 0 Å². The second kappa shape index (κ2) is 14.1. The van der Waals surface area contributed by atoms with Crippen LogP contribution in [0.1, 0.15) is 34.9 Å². The quantitative estimate of drug-likeness (QED) is 0.416. The average Bonchev–Trinajstić information content (AvgIpc) is 2.85. The van der Waals surface area contributed by atoms with Crippen LogP contribution in [0.15, 0.2) is 60.9 Å². The molecule has 0 fully saturated rings. The van der Waals surface area contributed by atoms with E-state index in [9.17, 15) is 14.7 Å². The number of thioether (sulfide) groups is 1. The van der Waals surface area contributed by atoms with Crippen LogP contribution in [0, 0.1) is 6.92 Å². The van der Waals surface area contributed by atoms with Gasteiger partial charge in [0.25, 0.3) is 5.91 Å². The van der Waals surface area contributed by atoms with Crippen molar-refractivity contribution in [3.63, 3.8) is 0 Å². The molecule has 0 aliphatic rings. The SMILES string of the molecule is COc1ccncc1/C=C/c1ccc(C(=O)NC(CCSC)C(=O)O)c(-c2ccccc2C)c1.[H-].[Na+]. The number of methoxy groups -OCH3 is 1. The molecular weight excluding hydrogens is 471 g/mol. The Balaban J connectivity index is 0.00000324. The summed E-state index contributed by atoms with van der Waals surface area (Å²) in [6, 6.07) is 14.2. The smallest absolute Gasteiger partial charge is 1.00 e. The van der Waals surface area contributed by atoms with Crippen molar-refractivity contribution in [1.82, 2.24) is 10.3 Å². The summed E-state index contributed by atoms with van der Waals surface area (Å²) in [4.78, 5) is 29.0. The Kier molecular flexibility index (Phi) is 11.5. The first-order chi connectivity index (χ1) is 16.4. The Morgan fingerprint density at radius 3 is 2.63 bits per heavy atom. The molecule has 1 atom stereocenters. The molecule has 2 N–H and O–H groups in total. The van der Waals surface area contributed by atoms with Crippen LogP contribution in [0.3, 0.4) is 0 Å². The number of pyridine rings is 1. The molecule has 3 aromatic rings. The number of carbonyl (C=O) groups excluding carboxylic acids is 1. The van der Waals surface area contributed by atoms with Crippen LogP contribution in [0.4, 0.5) is 0 Å². The van der Waals surface area contributed by atoms with Crippen molar-refractivity contribution in [2.75, 3.05) is 19.1 Å². The minimum Gasteiger partial charge on any atom is -1.00 e. The van der Waals surface area contributed by atoms with Crippen LogP contribution >= 0.6 is 11.8 Å². The largest absolute Gasteiger partial charge is 1.00 e. The van der Waals surface area contributed by atoms with Crippen molar-refractivity contribution < 1.29 is 50.4 Å². The van der Waals surface area contributed by atoms with E-state index in [1.54, 1.807) is 43.4 Å². The number of benzene rings is 2. The zero-order valence-corrected chi connectivity index (χ0v) is 23.3. The molecule has 0 radical (unpaired) electrons. The van der Waals surface area contributed by atoms with Crippen molar-refractivity contribution in [2.45, 2.75) is 19.4 Å². The molecule has 1 unspecified atom stereocenters. The molecule has 1 heterocycles. The van der Waals surface area contributed by atoms with E-state index < -0.39 is 17.9 Å². The van der Waals surface area contributed by atoms with Gasteiger partial charge in [-0.2, -0.15) is 11.8 Å². The van der Waals surface area contributed by atoms with Crippen LogP contribution in [0.5, 0.6) is 5.75 Å². The van der Waals surface area contributed by atoms with E-state index in [0.717, 1.165) is 27.8 Å². The Morgan fingerprint density at radius 1 is 1.17 bits per heavy atom. The number of aliphatic carboxylic acids is 1. The standard InChI is InChI=1S/C27H28N2O4S.Na.H/c1-18-6-4-5-7-21(18)23-16-19(8-10-20-17-28-14-12-25(20)33-2)9-11-22(23)26(30)29-24(27(31)32)13-15-34-3;;/h4-12,14,16-17,24H,13,15H2,1-3H3,(H,29,30)(H,31,32);;/q;+1;-1/b10-8+;;. The number of nitrogens with one attached hydrogen (secondary N) is 1. The summed E-state index contributed by atoms with van der Waals surface area (Å²) in [6.45, 7) is 1.98. The summed E-state index contributed by atoms with van der Waals surface area (Å²) >= 11 is 1.54. The number of aryl methyl sites for hydroxylation is 1. The maximum Gasteiger partial charge on any atom is 1.00 e. The number of nitrogens with zero attached hydrogens (tertiary/aromatic N) is 1. The number of hydrogen-bond donors (Lipinski definition) is 2. The molecule has 0 saturated carbocycles. The molecule has 178 valence electrons. The molecule has 0 saturated heterocycles. The van der Waals surface area contributed by atoms with E-state index in [-0.39, 0.29) is 31.0 Å². The molecule has 8 heteroatoms. The Labute approximate surface area is 234 Å². The van der Waals surface area contributed by atoms with E-state index in [4.69, 9.17) is 4.74 Å². The summed E-state index contributed by atoms with van der Waals surface area (Å²) in [5.41, 5.74) is 4.83. The normalized spacial score (nSPS) is 11.5. The van der Waals surface area contributed by atoms with Gasteiger partial charge in [0.2, 0.25) is 0 Å². The molecule has 0 aliphatic heterocycles. The second-order valence-electron chi connectivity index (χ2n) is 7.72. The van der Waals surface area contributed by atoms with Gasteiger partial charge in [-0.05, 0) is 71.9 Å². The van der Waals surface area contributed by atoms with Crippen LogP contribution in [0.25, 0.3) is 23.3 Å². The average molecular weight is 501 g/mol. The summed E-state index contributed by atoms with van der Waals surface area (Å²) in [5, 5.41) is 12.2. The number of rotatable bonds is 10. The van der Waals surface area contributed by atoms with Crippen molar-refractivity contribution in [2.24, 2.45) is 0 Å². The third-order valence-corrected chi connectivity index (χ3v) is 6.07. The number of aromatic nitrogens is 1. The first-order valence-corrected chi connectivity index (χ1v) is 12.2. The molecular formula is C27H29N2NaO4S. The van der Waals surface area contributed by atoms with Gasteiger partial charge in [0, 0.05) is 23.5 Å². The monoisotopic (exact) mass is 500 g/mol. The first-order valence-electron chi connectivity index (χ1n) is 10.8. The zero-order valence-electron chi connectivity index (χ0n) is 21.4. The van der Waals surface area contributed by atoms with Gasteiger partial charge in [-0.3, -0.25) is 9.78 Å². The minimum atomic E-state index is -1.04. The molecule has 2 aromatic carbocycles. The van der Waals surface area contributed by atoms with E-state index in [1.165, 1.54) is 0 Å². The van der Waals surface area contributed by atoms with Crippen LogP contribution in [-0.2, 0) is 4.79 Å². The predicted octanol–water partition coefficient (Wildman–Crippen LogP) is 2.29. The first kappa shape index (κ1) is 28.7. The number of ether oxygens (including phenoxy) is 1. The fourth-order valence-corrected chi connectivity index (χ4v) is 4.05.